The molecule has 24 heavy (non-hydrogen) atoms. The first-order valence-electron chi connectivity index (χ1n) is 7.04. The molecule has 0 bridgehead atoms. The summed E-state index contributed by atoms with van der Waals surface area (Å²) in [5.41, 5.74) is 0.953. The number of carboxylic acids is 1. The van der Waals surface area contributed by atoms with E-state index in [1.54, 1.807) is 24.3 Å². The lowest BCUT2D eigenvalue weighted by atomic mass is 10.1. The summed E-state index contributed by atoms with van der Waals surface area (Å²) >= 11 is 6.19. The van der Waals surface area contributed by atoms with E-state index in [1.807, 2.05) is 0 Å². The fourth-order valence-corrected chi connectivity index (χ4v) is 2.68. The molecule has 2 aromatic heterocycles. The second-order valence-corrected chi connectivity index (χ2v) is 5.49. The van der Waals surface area contributed by atoms with Crippen molar-refractivity contribution in [1.29, 1.82) is 0 Å². The van der Waals surface area contributed by atoms with E-state index in [9.17, 15) is 14.7 Å². The topological polar surface area (TPSA) is 105 Å². The maximum atomic E-state index is 12.5. The van der Waals surface area contributed by atoms with Gasteiger partial charge in [-0.15, -0.1) is 0 Å². The van der Waals surface area contributed by atoms with Crippen LogP contribution in [0.1, 0.15) is 12.8 Å². The molecule has 0 atom stereocenters. The summed E-state index contributed by atoms with van der Waals surface area (Å²) in [5.74, 6) is -1.42. The molecule has 0 saturated heterocycles. The van der Waals surface area contributed by atoms with Gasteiger partial charge >= 0.3 is 5.97 Å². The van der Waals surface area contributed by atoms with Crippen molar-refractivity contribution < 1.29 is 15.0 Å². The third kappa shape index (κ3) is 2.81. The smallest absolute Gasteiger partial charge is 0.303 e. The molecule has 0 aliphatic heterocycles. The van der Waals surface area contributed by atoms with E-state index >= 15 is 0 Å². The first-order chi connectivity index (χ1) is 11.5. The van der Waals surface area contributed by atoms with Gasteiger partial charge in [-0.2, -0.15) is 5.10 Å². The Morgan fingerprint density at radius 3 is 2.62 bits per heavy atom. The zero-order valence-electron chi connectivity index (χ0n) is 12.3. The van der Waals surface area contributed by atoms with Gasteiger partial charge in [0.1, 0.15) is 12.1 Å². The van der Waals surface area contributed by atoms with Crippen LogP contribution in [0.15, 0.2) is 41.5 Å². The molecule has 0 unspecified atom stereocenters. The Kier molecular flexibility index (Phi) is 4.18. The summed E-state index contributed by atoms with van der Waals surface area (Å²) in [7, 11) is 0. The van der Waals surface area contributed by atoms with Crippen molar-refractivity contribution in [3.05, 3.63) is 57.3 Å². The van der Waals surface area contributed by atoms with Gasteiger partial charge in [0.05, 0.1) is 6.42 Å². The lowest BCUT2D eigenvalue weighted by Gasteiger charge is -2.06. The molecule has 122 valence electrons. The van der Waals surface area contributed by atoms with Crippen LogP contribution in [0.25, 0.3) is 22.5 Å². The van der Waals surface area contributed by atoms with Gasteiger partial charge in [-0.1, -0.05) is 29.8 Å². The number of carboxylic acid groups (broad SMARTS) is 1. The molecule has 0 aliphatic rings. The van der Waals surface area contributed by atoms with Gasteiger partial charge in [-0.25, -0.2) is 9.50 Å². The number of hydrogen-bond acceptors (Lipinski definition) is 5. The Morgan fingerprint density at radius 2 is 1.92 bits per heavy atom. The maximum absolute atomic E-state index is 12.5. The van der Waals surface area contributed by atoms with Crippen molar-refractivity contribution in [2.45, 2.75) is 12.8 Å². The van der Waals surface area contributed by atoms with Crippen LogP contribution in [-0.2, 0) is 4.79 Å². The third-order valence-corrected chi connectivity index (χ3v) is 3.85. The molecule has 1 aromatic carbocycles. The van der Waals surface area contributed by atoms with Gasteiger partial charge in [-0.05, 0) is 12.1 Å². The van der Waals surface area contributed by atoms with Gasteiger partial charge in [0.15, 0.2) is 11.0 Å². The quantitative estimate of drug-likeness (QED) is 0.745. The highest BCUT2D eigenvalue weighted by Crippen LogP contribution is 2.28. The van der Waals surface area contributed by atoms with E-state index in [4.69, 9.17) is 16.7 Å². The van der Waals surface area contributed by atoms with Crippen LogP contribution >= 0.6 is 11.6 Å². The largest absolute Gasteiger partial charge is 0.510 e. The third-order valence-electron chi connectivity index (χ3n) is 3.52. The maximum Gasteiger partial charge on any atom is 0.303 e. The number of aliphatic carboxylic acids is 1. The Labute approximate surface area is 140 Å². The molecule has 0 spiro atoms. The highest BCUT2D eigenvalue weighted by atomic mass is 35.5. The first kappa shape index (κ1) is 15.9. The number of nitrogens with zero attached hydrogens (tertiary/aromatic N) is 3. The summed E-state index contributed by atoms with van der Waals surface area (Å²) < 4.78 is 1.21. The van der Waals surface area contributed by atoms with E-state index in [1.165, 1.54) is 16.9 Å². The molecular formula is C16H12ClN3O4. The molecule has 3 aromatic rings. The average molecular weight is 346 g/mol. The van der Waals surface area contributed by atoms with Crippen LogP contribution in [0.3, 0.4) is 0 Å². The van der Waals surface area contributed by atoms with E-state index in [2.05, 4.69) is 10.1 Å². The summed E-state index contributed by atoms with van der Waals surface area (Å²) in [5, 5.41) is 23.2. The minimum atomic E-state index is -1.07. The van der Waals surface area contributed by atoms with Gasteiger partial charge in [0, 0.05) is 22.6 Å². The Hall–Kier alpha value is -2.93. The second kappa shape index (κ2) is 6.29. The van der Waals surface area contributed by atoms with Gasteiger partial charge in [0.25, 0.3) is 0 Å². The van der Waals surface area contributed by atoms with Crippen LogP contribution < -0.4 is 10.8 Å². The van der Waals surface area contributed by atoms with Gasteiger partial charge in [-0.3, -0.25) is 9.59 Å². The zero-order valence-corrected chi connectivity index (χ0v) is 13.1. The number of aromatic nitrogens is 3. The van der Waals surface area contributed by atoms with Crippen molar-refractivity contribution in [3.8, 4) is 11.1 Å². The number of aliphatic hydroxyl groups is 1. The van der Waals surface area contributed by atoms with E-state index in [0.717, 1.165) is 0 Å². The Bertz CT molecular complexity index is 1050. The molecule has 0 aliphatic carbocycles. The highest BCUT2D eigenvalue weighted by molar-refractivity contribution is 6.33. The summed E-state index contributed by atoms with van der Waals surface area (Å²) in [6, 6.07) is 8.31. The summed E-state index contributed by atoms with van der Waals surface area (Å²) in [4.78, 5) is 27.3. The molecule has 0 saturated carbocycles. The standard InChI is InChI=1S/C16H12ClN3O4/c17-11-4-2-1-3-9(11)10-7-13(22)15(12(21)5-6-14(23)24)20-16(10)18-8-19-20/h1-4,7-8,21H,5-6H2,(H,23,24). The average Bonchev–Trinajstić information content (AvgIpc) is 3.01. The fraction of sp³-hybridized carbons (Fsp3) is 0.125. The number of benzene rings is 1. The molecule has 0 fully saturated rings. The number of halogens is 1. The van der Waals surface area contributed by atoms with Crippen molar-refractivity contribution in [2.75, 3.05) is 0 Å². The first-order valence-corrected chi connectivity index (χ1v) is 7.42. The minimum Gasteiger partial charge on any atom is -0.510 e. The lowest BCUT2D eigenvalue weighted by molar-refractivity contribution is -0.136. The van der Waals surface area contributed by atoms with Crippen LogP contribution in [0.5, 0.6) is 0 Å². The summed E-state index contributed by atoms with van der Waals surface area (Å²) in [6.45, 7) is 0. The molecule has 8 heteroatoms. The van der Waals surface area contributed by atoms with E-state index in [-0.39, 0.29) is 23.9 Å². The molecule has 2 N–H and O–H groups in total. The van der Waals surface area contributed by atoms with Gasteiger partial charge in [0.2, 0.25) is 5.43 Å². The molecular weight excluding hydrogens is 334 g/mol. The van der Waals surface area contributed by atoms with Crippen LogP contribution in [0, 0.1) is 0 Å². The molecule has 0 radical (unpaired) electrons. The molecule has 3 rings (SSSR count). The number of hydrogen-bond donors (Lipinski definition) is 2. The van der Waals surface area contributed by atoms with Crippen LogP contribution in [-0.4, -0.2) is 30.8 Å². The normalized spacial score (nSPS) is 12.4. The number of carbonyl (C=O) groups is 1. The molecule has 0 amide bonds. The monoisotopic (exact) mass is 345 g/mol. The summed E-state index contributed by atoms with van der Waals surface area (Å²) in [6.07, 6.45) is 0.780. The van der Waals surface area contributed by atoms with Crippen LogP contribution in [0.4, 0.5) is 0 Å². The molecule has 7 nitrogen and oxygen atoms in total. The second-order valence-electron chi connectivity index (χ2n) is 5.09. The predicted molar refractivity (Wildman–Crippen MR) is 87.8 cm³/mol. The van der Waals surface area contributed by atoms with Crippen LogP contribution in [0.2, 0.25) is 5.02 Å². The van der Waals surface area contributed by atoms with Crippen molar-refractivity contribution >= 4 is 29.0 Å². The van der Waals surface area contributed by atoms with E-state index in [0.29, 0.717) is 21.8 Å². The van der Waals surface area contributed by atoms with Crippen molar-refractivity contribution in [2.24, 2.45) is 0 Å². The number of pyridine rings is 1. The lowest BCUT2D eigenvalue weighted by Crippen LogP contribution is -2.34. The van der Waals surface area contributed by atoms with E-state index < -0.39 is 11.4 Å². The predicted octanol–water partition coefficient (Wildman–Crippen LogP) is 1.66. The highest BCUT2D eigenvalue weighted by Gasteiger charge is 2.15. The Morgan fingerprint density at radius 1 is 1.17 bits per heavy atom. The number of rotatable bonds is 4. The van der Waals surface area contributed by atoms with Crippen molar-refractivity contribution in [3.63, 3.8) is 0 Å². The molecule has 2 heterocycles. The zero-order chi connectivity index (χ0) is 17.3. The minimum absolute atomic E-state index is 0.0976. The van der Waals surface area contributed by atoms with Gasteiger partial charge < -0.3 is 10.2 Å². The van der Waals surface area contributed by atoms with Crippen molar-refractivity contribution in [1.82, 2.24) is 14.6 Å². The SMILES string of the molecule is O=C(O)CCC(O)=c1c(=O)cc(-c2ccccc2Cl)c2ncnn12. The fourth-order valence-electron chi connectivity index (χ4n) is 2.44. The number of fused-ring (bicyclic) bond motifs is 1. The number of aliphatic hydroxyl groups excluding tert-OH is 1. The Balaban J connectivity index is 2.29.